The smallest absolute Gasteiger partial charge is 0.441 e. The maximum absolute atomic E-state index is 11.5. The minimum atomic E-state index is -0.895. The number of pyridine rings is 1. The standard InChI is InChI=1S/C13H9BN2O4/c15-6-8-1-4-12(16-13(8)17)20-10-2-3-11-9(5-10)7-19-14(11)18/h1-5,18H,7H2,(H,16,17). The SMILES string of the molecule is N#Cc1ccc(Oc2ccc3c(c2)COB3O)[nH]c1=O. The normalized spacial score (nSPS) is 12.9. The minimum absolute atomic E-state index is 0.0304. The summed E-state index contributed by atoms with van der Waals surface area (Å²) in [6, 6.07) is 9.82. The van der Waals surface area contributed by atoms with E-state index in [-0.39, 0.29) is 11.4 Å². The van der Waals surface area contributed by atoms with Crippen molar-refractivity contribution in [2.24, 2.45) is 0 Å². The van der Waals surface area contributed by atoms with E-state index < -0.39 is 12.7 Å². The number of rotatable bonds is 2. The molecule has 98 valence electrons. The summed E-state index contributed by atoms with van der Waals surface area (Å²) in [5.41, 5.74) is 1.09. The van der Waals surface area contributed by atoms with Gasteiger partial charge in [0.05, 0.1) is 6.61 Å². The van der Waals surface area contributed by atoms with E-state index >= 15 is 0 Å². The molecule has 2 aromatic rings. The van der Waals surface area contributed by atoms with Crippen molar-refractivity contribution in [1.82, 2.24) is 4.98 Å². The Bertz CT molecular complexity index is 766. The quantitative estimate of drug-likeness (QED) is 0.761. The third-order valence-electron chi connectivity index (χ3n) is 3.01. The van der Waals surface area contributed by atoms with Crippen LogP contribution in [0.4, 0.5) is 0 Å². The van der Waals surface area contributed by atoms with Gasteiger partial charge in [0.2, 0.25) is 0 Å². The van der Waals surface area contributed by atoms with Crippen LogP contribution in [0.1, 0.15) is 11.1 Å². The third-order valence-corrected chi connectivity index (χ3v) is 3.01. The maximum atomic E-state index is 11.5. The first-order chi connectivity index (χ1) is 9.67. The van der Waals surface area contributed by atoms with Gasteiger partial charge in [0.25, 0.3) is 5.56 Å². The average Bonchev–Trinajstić information content (AvgIpc) is 2.80. The van der Waals surface area contributed by atoms with Crippen LogP contribution < -0.4 is 15.8 Å². The molecule has 20 heavy (non-hydrogen) atoms. The van der Waals surface area contributed by atoms with Crippen LogP contribution in [0.5, 0.6) is 11.6 Å². The number of nitrogens with one attached hydrogen (secondary N) is 1. The molecule has 0 aliphatic carbocycles. The zero-order valence-electron chi connectivity index (χ0n) is 10.3. The number of fused-ring (bicyclic) bond motifs is 1. The highest BCUT2D eigenvalue weighted by Crippen LogP contribution is 2.21. The van der Waals surface area contributed by atoms with E-state index in [1.165, 1.54) is 12.1 Å². The van der Waals surface area contributed by atoms with Crippen LogP contribution in [0.15, 0.2) is 35.1 Å². The van der Waals surface area contributed by atoms with Crippen LogP contribution in [-0.2, 0) is 11.3 Å². The molecule has 3 rings (SSSR count). The number of benzene rings is 1. The lowest BCUT2D eigenvalue weighted by Crippen LogP contribution is -2.27. The number of ether oxygens (including phenoxy) is 1. The molecule has 0 spiro atoms. The minimum Gasteiger partial charge on any atom is -0.441 e. The number of nitriles is 1. The predicted octanol–water partition coefficient (Wildman–Crippen LogP) is 0.257. The Morgan fingerprint density at radius 1 is 1.40 bits per heavy atom. The van der Waals surface area contributed by atoms with Crippen LogP contribution in [0.25, 0.3) is 0 Å². The van der Waals surface area contributed by atoms with E-state index in [0.29, 0.717) is 17.8 Å². The molecule has 0 atom stereocenters. The van der Waals surface area contributed by atoms with Gasteiger partial charge >= 0.3 is 7.12 Å². The zero-order chi connectivity index (χ0) is 14.1. The first-order valence-electron chi connectivity index (χ1n) is 5.91. The molecule has 6 nitrogen and oxygen atoms in total. The molecule has 0 unspecified atom stereocenters. The van der Waals surface area contributed by atoms with Crippen LogP contribution >= 0.6 is 0 Å². The highest BCUT2D eigenvalue weighted by atomic mass is 16.5. The monoisotopic (exact) mass is 268 g/mol. The molecule has 0 radical (unpaired) electrons. The van der Waals surface area contributed by atoms with Crippen molar-refractivity contribution in [3.05, 3.63) is 51.8 Å². The van der Waals surface area contributed by atoms with Gasteiger partial charge in [0, 0.05) is 6.07 Å². The lowest BCUT2D eigenvalue weighted by atomic mass is 9.80. The number of H-pyrrole nitrogens is 1. The summed E-state index contributed by atoms with van der Waals surface area (Å²) in [6.45, 7) is 0.317. The Morgan fingerprint density at radius 2 is 2.25 bits per heavy atom. The molecular weight excluding hydrogens is 259 g/mol. The maximum Gasteiger partial charge on any atom is 0.491 e. The molecule has 0 amide bonds. The molecule has 0 saturated carbocycles. The van der Waals surface area contributed by atoms with Crippen LogP contribution in [0.2, 0.25) is 0 Å². The first kappa shape index (κ1) is 12.5. The predicted molar refractivity (Wildman–Crippen MR) is 70.7 cm³/mol. The Morgan fingerprint density at radius 3 is 3.00 bits per heavy atom. The Labute approximate surface area is 114 Å². The lowest BCUT2D eigenvalue weighted by molar-refractivity contribution is 0.275. The first-order valence-corrected chi connectivity index (χ1v) is 5.91. The van der Waals surface area contributed by atoms with Crippen molar-refractivity contribution in [3.63, 3.8) is 0 Å². The molecule has 2 heterocycles. The van der Waals surface area contributed by atoms with E-state index in [9.17, 15) is 9.82 Å². The summed E-state index contributed by atoms with van der Waals surface area (Å²) in [6.07, 6.45) is 0. The molecule has 1 aromatic carbocycles. The topological polar surface area (TPSA) is 95.3 Å². The highest BCUT2D eigenvalue weighted by Gasteiger charge is 2.27. The second-order valence-electron chi connectivity index (χ2n) is 4.30. The Hall–Kier alpha value is -2.56. The second kappa shape index (κ2) is 4.85. The average molecular weight is 268 g/mol. The third kappa shape index (κ3) is 2.18. The van der Waals surface area contributed by atoms with Crippen LogP contribution in [-0.4, -0.2) is 17.1 Å². The van der Waals surface area contributed by atoms with Gasteiger partial charge in [-0.15, -0.1) is 0 Å². The van der Waals surface area contributed by atoms with Crippen molar-refractivity contribution in [2.75, 3.05) is 0 Å². The van der Waals surface area contributed by atoms with Gasteiger partial charge in [-0.25, -0.2) is 0 Å². The number of aromatic amines is 1. The molecule has 0 saturated heterocycles. The molecule has 1 aromatic heterocycles. The number of hydrogen-bond donors (Lipinski definition) is 2. The van der Waals surface area contributed by atoms with E-state index in [4.69, 9.17) is 14.7 Å². The molecule has 0 fully saturated rings. The molecular formula is C13H9BN2O4. The van der Waals surface area contributed by atoms with E-state index in [0.717, 1.165) is 5.56 Å². The fourth-order valence-electron chi connectivity index (χ4n) is 2.00. The van der Waals surface area contributed by atoms with Crippen LogP contribution in [0.3, 0.4) is 0 Å². The number of hydrogen-bond acceptors (Lipinski definition) is 5. The van der Waals surface area contributed by atoms with Gasteiger partial charge < -0.3 is 14.4 Å². The molecule has 1 aliphatic rings. The van der Waals surface area contributed by atoms with Gasteiger partial charge in [-0.2, -0.15) is 5.26 Å². The summed E-state index contributed by atoms with van der Waals surface area (Å²) in [4.78, 5) is 14.0. The Balaban J connectivity index is 1.87. The summed E-state index contributed by atoms with van der Waals surface area (Å²) >= 11 is 0. The van der Waals surface area contributed by atoms with Crippen LogP contribution in [0, 0.1) is 11.3 Å². The molecule has 2 N–H and O–H groups in total. The second-order valence-corrected chi connectivity index (χ2v) is 4.30. The number of aromatic nitrogens is 1. The fraction of sp³-hybridized carbons (Fsp3) is 0.0769. The zero-order valence-corrected chi connectivity index (χ0v) is 10.3. The van der Waals surface area contributed by atoms with Gasteiger partial charge in [-0.1, -0.05) is 6.07 Å². The van der Waals surface area contributed by atoms with E-state index in [1.807, 2.05) is 0 Å². The van der Waals surface area contributed by atoms with Crippen molar-refractivity contribution in [2.45, 2.75) is 6.61 Å². The van der Waals surface area contributed by atoms with Gasteiger partial charge in [0.15, 0.2) is 5.88 Å². The lowest BCUT2D eigenvalue weighted by Gasteiger charge is -2.06. The van der Waals surface area contributed by atoms with Gasteiger partial charge in [0.1, 0.15) is 17.4 Å². The summed E-state index contributed by atoms with van der Waals surface area (Å²) in [5.74, 6) is 0.759. The van der Waals surface area contributed by atoms with Crippen molar-refractivity contribution >= 4 is 12.6 Å². The summed E-state index contributed by atoms with van der Waals surface area (Å²) in [5, 5.41) is 18.2. The van der Waals surface area contributed by atoms with E-state index in [2.05, 4.69) is 4.98 Å². The highest BCUT2D eigenvalue weighted by molar-refractivity contribution is 6.61. The Kier molecular flexibility index (Phi) is 3.02. The number of nitrogens with zero attached hydrogens (tertiary/aromatic N) is 1. The van der Waals surface area contributed by atoms with Crippen molar-refractivity contribution in [3.8, 4) is 17.7 Å². The van der Waals surface area contributed by atoms with Crippen molar-refractivity contribution < 1.29 is 14.4 Å². The largest absolute Gasteiger partial charge is 0.491 e. The summed E-state index contributed by atoms with van der Waals surface area (Å²) < 4.78 is 10.6. The van der Waals surface area contributed by atoms with E-state index in [1.54, 1.807) is 24.3 Å². The molecule has 7 heteroatoms. The van der Waals surface area contributed by atoms with Gasteiger partial charge in [-0.05, 0) is 29.2 Å². The molecule has 1 aliphatic heterocycles. The van der Waals surface area contributed by atoms with Gasteiger partial charge in [-0.3, -0.25) is 9.78 Å². The van der Waals surface area contributed by atoms with Crippen molar-refractivity contribution in [1.29, 1.82) is 5.26 Å². The fourth-order valence-corrected chi connectivity index (χ4v) is 2.00. The molecule has 0 bridgehead atoms. The summed E-state index contributed by atoms with van der Waals surface area (Å²) in [7, 11) is -0.895.